The van der Waals surface area contributed by atoms with Gasteiger partial charge in [0.25, 0.3) is 0 Å². The lowest BCUT2D eigenvalue weighted by molar-refractivity contribution is -0.137. The van der Waals surface area contributed by atoms with Crippen LogP contribution in [0, 0.1) is 0 Å². The van der Waals surface area contributed by atoms with Gasteiger partial charge < -0.3 is 10.8 Å². The average Bonchev–Trinajstić information content (AvgIpc) is 2.61. The van der Waals surface area contributed by atoms with Crippen LogP contribution < -0.4 is 5.73 Å². The third-order valence-electron chi connectivity index (χ3n) is 2.39. The monoisotopic (exact) mass is 225 g/mol. The molecule has 5 nitrogen and oxygen atoms in total. The molecule has 0 aliphatic rings. The van der Waals surface area contributed by atoms with Crippen molar-refractivity contribution in [1.82, 2.24) is 9.78 Å². The van der Waals surface area contributed by atoms with Gasteiger partial charge in [-0.2, -0.15) is 5.10 Å². The van der Waals surface area contributed by atoms with Crippen molar-refractivity contribution in [2.45, 2.75) is 45.2 Å². The van der Waals surface area contributed by atoms with Crippen molar-refractivity contribution in [3.8, 4) is 0 Å². The zero-order chi connectivity index (χ0) is 12.3. The number of aromatic nitrogens is 2. The van der Waals surface area contributed by atoms with E-state index in [0.29, 0.717) is 6.42 Å². The first-order valence-corrected chi connectivity index (χ1v) is 5.33. The summed E-state index contributed by atoms with van der Waals surface area (Å²) in [5.41, 5.74) is 6.69. The van der Waals surface area contributed by atoms with Gasteiger partial charge in [0, 0.05) is 24.2 Å². The van der Waals surface area contributed by atoms with E-state index in [2.05, 4.69) is 5.10 Å². The molecule has 1 atom stereocenters. The molecule has 3 N–H and O–H groups in total. The van der Waals surface area contributed by atoms with E-state index < -0.39 is 5.97 Å². The molecule has 16 heavy (non-hydrogen) atoms. The molecular weight excluding hydrogens is 206 g/mol. The van der Waals surface area contributed by atoms with Crippen LogP contribution in [0.25, 0.3) is 0 Å². The molecule has 0 amide bonds. The molecule has 0 aromatic carbocycles. The number of carboxylic acid groups (broad SMARTS) is 1. The molecule has 0 radical (unpaired) electrons. The van der Waals surface area contributed by atoms with Crippen LogP contribution in [-0.2, 0) is 10.3 Å². The fourth-order valence-electron chi connectivity index (χ4n) is 1.34. The molecule has 0 saturated heterocycles. The van der Waals surface area contributed by atoms with E-state index in [1.165, 1.54) is 0 Å². The Morgan fingerprint density at radius 1 is 1.62 bits per heavy atom. The number of hydrogen-bond acceptors (Lipinski definition) is 3. The van der Waals surface area contributed by atoms with Crippen LogP contribution in [0.1, 0.15) is 45.2 Å². The average molecular weight is 225 g/mol. The number of rotatable bonds is 4. The first-order chi connectivity index (χ1) is 7.30. The molecule has 0 aliphatic carbocycles. The summed E-state index contributed by atoms with van der Waals surface area (Å²) in [6.45, 7) is 6.14. The van der Waals surface area contributed by atoms with E-state index in [0.717, 1.165) is 5.56 Å². The van der Waals surface area contributed by atoms with Crippen LogP contribution in [-0.4, -0.2) is 20.9 Å². The summed E-state index contributed by atoms with van der Waals surface area (Å²) in [5.74, 6) is -0.821. The molecule has 0 bridgehead atoms. The van der Waals surface area contributed by atoms with Gasteiger partial charge in [-0.15, -0.1) is 0 Å². The molecule has 5 heteroatoms. The van der Waals surface area contributed by atoms with Crippen LogP contribution in [0.5, 0.6) is 0 Å². The Kier molecular flexibility index (Phi) is 3.70. The van der Waals surface area contributed by atoms with Gasteiger partial charge in [-0.25, -0.2) is 0 Å². The number of aliphatic carboxylic acids is 1. The quantitative estimate of drug-likeness (QED) is 0.813. The van der Waals surface area contributed by atoms with Gasteiger partial charge in [-0.05, 0) is 27.2 Å². The Hall–Kier alpha value is -1.36. The molecule has 0 spiro atoms. The number of nitrogens with zero attached hydrogens (tertiary/aromatic N) is 2. The summed E-state index contributed by atoms with van der Waals surface area (Å²) < 4.78 is 1.84. The minimum atomic E-state index is -0.821. The second-order valence-corrected chi connectivity index (χ2v) is 4.93. The van der Waals surface area contributed by atoms with Crippen molar-refractivity contribution in [3.05, 3.63) is 18.0 Å². The molecular formula is C11H19N3O2. The smallest absolute Gasteiger partial charge is 0.303 e. The van der Waals surface area contributed by atoms with E-state index in [1.807, 2.05) is 31.6 Å². The van der Waals surface area contributed by atoms with E-state index in [9.17, 15) is 4.79 Å². The summed E-state index contributed by atoms with van der Waals surface area (Å²) in [5, 5.41) is 12.8. The van der Waals surface area contributed by atoms with Crippen molar-refractivity contribution >= 4 is 5.97 Å². The molecule has 1 aromatic rings. The number of nitrogens with two attached hydrogens (primary N) is 1. The minimum Gasteiger partial charge on any atom is -0.481 e. The largest absolute Gasteiger partial charge is 0.481 e. The first kappa shape index (κ1) is 12.7. The standard InChI is InChI=1S/C11H19N3O2/c1-11(2,3)14-7-8(6-13-14)9(12)4-5-10(15)16/h6-7,9H,4-5,12H2,1-3H3,(H,15,16). The third-order valence-corrected chi connectivity index (χ3v) is 2.39. The highest BCUT2D eigenvalue weighted by atomic mass is 16.4. The number of carbonyl (C=O) groups is 1. The Morgan fingerprint density at radius 3 is 2.69 bits per heavy atom. The van der Waals surface area contributed by atoms with E-state index in [1.54, 1.807) is 6.20 Å². The van der Waals surface area contributed by atoms with Crippen molar-refractivity contribution in [2.24, 2.45) is 5.73 Å². The molecule has 1 rings (SSSR count). The predicted molar refractivity (Wildman–Crippen MR) is 61.0 cm³/mol. The Balaban J connectivity index is 2.67. The molecule has 1 aromatic heterocycles. The Bertz CT molecular complexity index is 366. The van der Waals surface area contributed by atoms with Gasteiger partial charge in [0.1, 0.15) is 0 Å². The van der Waals surface area contributed by atoms with Crippen LogP contribution in [0.15, 0.2) is 12.4 Å². The van der Waals surface area contributed by atoms with E-state index in [4.69, 9.17) is 10.8 Å². The molecule has 90 valence electrons. The Morgan fingerprint density at radius 2 is 2.25 bits per heavy atom. The normalized spacial score (nSPS) is 13.8. The van der Waals surface area contributed by atoms with Crippen molar-refractivity contribution in [1.29, 1.82) is 0 Å². The lowest BCUT2D eigenvalue weighted by Crippen LogP contribution is -2.22. The minimum absolute atomic E-state index is 0.0786. The van der Waals surface area contributed by atoms with Gasteiger partial charge in [0.05, 0.1) is 11.7 Å². The third kappa shape index (κ3) is 3.34. The summed E-state index contributed by atoms with van der Waals surface area (Å²) in [4.78, 5) is 10.4. The fourth-order valence-corrected chi connectivity index (χ4v) is 1.34. The van der Waals surface area contributed by atoms with E-state index in [-0.39, 0.29) is 18.0 Å². The van der Waals surface area contributed by atoms with Gasteiger partial charge in [0.15, 0.2) is 0 Å². The number of carboxylic acids is 1. The molecule has 0 aliphatic heterocycles. The van der Waals surface area contributed by atoms with Crippen LogP contribution in [0.4, 0.5) is 0 Å². The lowest BCUT2D eigenvalue weighted by atomic mass is 10.1. The zero-order valence-corrected chi connectivity index (χ0v) is 9.97. The van der Waals surface area contributed by atoms with Gasteiger partial charge in [0.2, 0.25) is 0 Å². The van der Waals surface area contributed by atoms with Crippen molar-refractivity contribution in [3.63, 3.8) is 0 Å². The maximum absolute atomic E-state index is 10.4. The SMILES string of the molecule is CC(C)(C)n1cc(C(N)CCC(=O)O)cn1. The van der Waals surface area contributed by atoms with Gasteiger partial charge >= 0.3 is 5.97 Å². The van der Waals surface area contributed by atoms with Crippen molar-refractivity contribution in [2.75, 3.05) is 0 Å². The van der Waals surface area contributed by atoms with Crippen molar-refractivity contribution < 1.29 is 9.90 Å². The van der Waals surface area contributed by atoms with E-state index >= 15 is 0 Å². The predicted octanol–water partition coefficient (Wildman–Crippen LogP) is 1.50. The molecule has 1 heterocycles. The second kappa shape index (κ2) is 4.65. The van der Waals surface area contributed by atoms with Gasteiger partial charge in [-0.1, -0.05) is 0 Å². The molecule has 0 saturated carbocycles. The first-order valence-electron chi connectivity index (χ1n) is 5.33. The number of hydrogen-bond donors (Lipinski definition) is 2. The van der Waals surface area contributed by atoms with Gasteiger partial charge in [-0.3, -0.25) is 9.48 Å². The summed E-state index contributed by atoms with van der Waals surface area (Å²) in [6.07, 6.45) is 4.11. The molecule has 1 unspecified atom stereocenters. The summed E-state index contributed by atoms with van der Waals surface area (Å²) in [6, 6.07) is -0.257. The van der Waals surface area contributed by atoms with Crippen LogP contribution in [0.3, 0.4) is 0 Å². The maximum atomic E-state index is 10.4. The molecule has 0 fully saturated rings. The van der Waals surface area contributed by atoms with Crippen LogP contribution in [0.2, 0.25) is 0 Å². The highest BCUT2D eigenvalue weighted by molar-refractivity contribution is 5.66. The topological polar surface area (TPSA) is 81.1 Å². The maximum Gasteiger partial charge on any atom is 0.303 e. The highest BCUT2D eigenvalue weighted by Crippen LogP contribution is 2.19. The highest BCUT2D eigenvalue weighted by Gasteiger charge is 2.16. The van der Waals surface area contributed by atoms with Crippen LogP contribution >= 0.6 is 0 Å². The summed E-state index contributed by atoms with van der Waals surface area (Å²) >= 11 is 0. The zero-order valence-electron chi connectivity index (χ0n) is 9.97. The Labute approximate surface area is 95.3 Å². The fraction of sp³-hybridized carbons (Fsp3) is 0.636. The lowest BCUT2D eigenvalue weighted by Gasteiger charge is -2.19. The second-order valence-electron chi connectivity index (χ2n) is 4.93. The summed E-state index contributed by atoms with van der Waals surface area (Å²) in [7, 11) is 0.